The average Bonchev–Trinajstić information content (AvgIpc) is 2.56. The first-order valence-corrected chi connectivity index (χ1v) is 8.81. The number of hydrogen-bond acceptors (Lipinski definition) is 4. The summed E-state index contributed by atoms with van der Waals surface area (Å²) in [6.45, 7) is 8.93. The van der Waals surface area contributed by atoms with Gasteiger partial charge in [-0.2, -0.15) is 0 Å². The Morgan fingerprint density at radius 1 is 1.35 bits per heavy atom. The lowest BCUT2D eigenvalue weighted by Crippen LogP contribution is -2.54. The molecule has 2 saturated heterocycles. The van der Waals surface area contributed by atoms with E-state index in [1.807, 2.05) is 18.3 Å². The van der Waals surface area contributed by atoms with E-state index < -0.39 is 0 Å². The maximum Gasteiger partial charge on any atom is 0.244 e. The standard InChI is InChI=1S/C18H28N4O/c1-14-5-4-9-22(12-14)18(23)17(16-6-3-7-19-11-16)21-10-8-20-15(2)13-21/h3,6-7,11,14-15,17,20H,4-5,8-10,12-13H2,1-2H3. The van der Waals surface area contributed by atoms with E-state index in [1.165, 1.54) is 6.42 Å². The summed E-state index contributed by atoms with van der Waals surface area (Å²) in [5.41, 5.74) is 1.02. The summed E-state index contributed by atoms with van der Waals surface area (Å²) < 4.78 is 0. The maximum absolute atomic E-state index is 13.3. The van der Waals surface area contributed by atoms with Gasteiger partial charge in [0.2, 0.25) is 5.91 Å². The van der Waals surface area contributed by atoms with Crippen LogP contribution >= 0.6 is 0 Å². The molecular formula is C18H28N4O. The van der Waals surface area contributed by atoms with Crippen molar-refractivity contribution >= 4 is 5.91 Å². The van der Waals surface area contributed by atoms with Crippen molar-refractivity contribution in [2.24, 2.45) is 5.92 Å². The average molecular weight is 316 g/mol. The Hall–Kier alpha value is -1.46. The number of rotatable bonds is 3. The Bertz CT molecular complexity index is 521. The molecule has 2 fully saturated rings. The minimum atomic E-state index is -0.196. The van der Waals surface area contributed by atoms with Gasteiger partial charge in [-0.1, -0.05) is 13.0 Å². The summed E-state index contributed by atoms with van der Waals surface area (Å²) in [6, 6.07) is 4.19. The molecule has 23 heavy (non-hydrogen) atoms. The number of aromatic nitrogens is 1. The molecule has 0 bridgehead atoms. The van der Waals surface area contributed by atoms with E-state index in [4.69, 9.17) is 0 Å². The molecule has 0 radical (unpaired) electrons. The molecule has 5 heteroatoms. The van der Waals surface area contributed by atoms with Crippen molar-refractivity contribution in [3.63, 3.8) is 0 Å². The van der Waals surface area contributed by atoms with E-state index >= 15 is 0 Å². The quantitative estimate of drug-likeness (QED) is 0.922. The van der Waals surface area contributed by atoms with Crippen molar-refractivity contribution < 1.29 is 4.79 Å². The zero-order valence-corrected chi connectivity index (χ0v) is 14.2. The molecule has 3 heterocycles. The number of piperidine rings is 1. The van der Waals surface area contributed by atoms with Gasteiger partial charge in [-0.3, -0.25) is 14.7 Å². The first-order valence-electron chi connectivity index (χ1n) is 8.81. The molecule has 3 unspecified atom stereocenters. The lowest BCUT2D eigenvalue weighted by atomic mass is 9.97. The van der Waals surface area contributed by atoms with Gasteiger partial charge in [0.25, 0.3) is 0 Å². The van der Waals surface area contributed by atoms with Gasteiger partial charge in [0.1, 0.15) is 6.04 Å². The van der Waals surface area contributed by atoms with E-state index in [0.29, 0.717) is 12.0 Å². The smallest absolute Gasteiger partial charge is 0.244 e. The third-order valence-electron chi connectivity index (χ3n) is 4.97. The zero-order chi connectivity index (χ0) is 16.2. The summed E-state index contributed by atoms with van der Waals surface area (Å²) in [7, 11) is 0. The van der Waals surface area contributed by atoms with Crippen molar-refractivity contribution in [2.45, 2.75) is 38.8 Å². The summed E-state index contributed by atoms with van der Waals surface area (Å²) in [4.78, 5) is 21.9. The fourth-order valence-corrected chi connectivity index (χ4v) is 3.81. The number of carbonyl (C=O) groups excluding carboxylic acids is 1. The molecule has 1 aromatic rings. The largest absolute Gasteiger partial charge is 0.341 e. The van der Waals surface area contributed by atoms with Crippen LogP contribution in [0.25, 0.3) is 0 Å². The summed E-state index contributed by atoms with van der Waals surface area (Å²) in [5, 5.41) is 3.46. The number of nitrogens with one attached hydrogen (secondary N) is 1. The molecule has 1 aromatic heterocycles. The minimum Gasteiger partial charge on any atom is -0.341 e. The van der Waals surface area contributed by atoms with Crippen LogP contribution in [0.3, 0.4) is 0 Å². The van der Waals surface area contributed by atoms with Crippen LogP contribution in [0.4, 0.5) is 0 Å². The molecule has 0 saturated carbocycles. The van der Waals surface area contributed by atoms with E-state index in [0.717, 1.165) is 44.7 Å². The lowest BCUT2D eigenvalue weighted by Gasteiger charge is -2.40. The highest BCUT2D eigenvalue weighted by Crippen LogP contribution is 2.26. The highest BCUT2D eigenvalue weighted by atomic mass is 16.2. The third kappa shape index (κ3) is 3.90. The second-order valence-corrected chi connectivity index (χ2v) is 7.07. The molecule has 3 rings (SSSR count). The van der Waals surface area contributed by atoms with Crippen molar-refractivity contribution in [2.75, 3.05) is 32.7 Å². The van der Waals surface area contributed by atoms with Gasteiger partial charge < -0.3 is 10.2 Å². The first kappa shape index (κ1) is 16.4. The van der Waals surface area contributed by atoms with Crippen LogP contribution in [-0.4, -0.2) is 59.5 Å². The first-order chi connectivity index (χ1) is 11.1. The van der Waals surface area contributed by atoms with Gasteiger partial charge in [-0.05, 0) is 37.3 Å². The summed E-state index contributed by atoms with van der Waals surface area (Å²) >= 11 is 0. The number of pyridine rings is 1. The van der Waals surface area contributed by atoms with Crippen LogP contribution in [0, 0.1) is 5.92 Å². The van der Waals surface area contributed by atoms with Crippen molar-refractivity contribution in [1.29, 1.82) is 0 Å². The maximum atomic E-state index is 13.3. The Labute approximate surface area is 139 Å². The molecule has 0 aromatic carbocycles. The third-order valence-corrected chi connectivity index (χ3v) is 4.97. The van der Waals surface area contributed by atoms with Gasteiger partial charge in [0.05, 0.1) is 0 Å². The molecule has 126 valence electrons. The number of hydrogen-bond donors (Lipinski definition) is 1. The van der Waals surface area contributed by atoms with Crippen molar-refractivity contribution in [3.8, 4) is 0 Å². The normalized spacial score (nSPS) is 27.7. The Morgan fingerprint density at radius 2 is 2.22 bits per heavy atom. The Balaban J connectivity index is 1.84. The van der Waals surface area contributed by atoms with E-state index in [-0.39, 0.29) is 11.9 Å². The Morgan fingerprint density at radius 3 is 2.91 bits per heavy atom. The van der Waals surface area contributed by atoms with Gasteiger partial charge in [-0.15, -0.1) is 0 Å². The molecule has 1 N–H and O–H groups in total. The van der Waals surface area contributed by atoms with E-state index in [9.17, 15) is 4.79 Å². The molecule has 0 spiro atoms. The summed E-state index contributed by atoms with van der Waals surface area (Å²) in [6.07, 6.45) is 5.97. The highest BCUT2D eigenvalue weighted by Gasteiger charge is 2.34. The molecule has 0 aliphatic carbocycles. The fourth-order valence-electron chi connectivity index (χ4n) is 3.81. The fraction of sp³-hybridized carbons (Fsp3) is 0.667. The van der Waals surface area contributed by atoms with Crippen LogP contribution in [0.15, 0.2) is 24.5 Å². The van der Waals surface area contributed by atoms with Gasteiger partial charge >= 0.3 is 0 Å². The summed E-state index contributed by atoms with van der Waals surface area (Å²) in [5.74, 6) is 0.850. The van der Waals surface area contributed by atoms with Crippen molar-refractivity contribution in [3.05, 3.63) is 30.1 Å². The number of nitrogens with zero attached hydrogens (tertiary/aromatic N) is 3. The second kappa shape index (κ2) is 7.41. The van der Waals surface area contributed by atoms with Crippen LogP contribution < -0.4 is 5.32 Å². The number of amides is 1. The zero-order valence-electron chi connectivity index (χ0n) is 14.2. The van der Waals surface area contributed by atoms with Gasteiger partial charge in [0.15, 0.2) is 0 Å². The SMILES string of the molecule is CC1CCCN(C(=O)C(c2cccnc2)N2CCNC(C)C2)C1. The van der Waals surface area contributed by atoms with Crippen LogP contribution in [0.2, 0.25) is 0 Å². The molecule has 5 nitrogen and oxygen atoms in total. The van der Waals surface area contributed by atoms with Crippen LogP contribution in [-0.2, 0) is 4.79 Å². The molecular weight excluding hydrogens is 288 g/mol. The second-order valence-electron chi connectivity index (χ2n) is 7.07. The van der Waals surface area contributed by atoms with E-state index in [1.54, 1.807) is 6.20 Å². The van der Waals surface area contributed by atoms with Crippen molar-refractivity contribution in [1.82, 2.24) is 20.1 Å². The Kier molecular flexibility index (Phi) is 5.28. The van der Waals surface area contributed by atoms with E-state index in [2.05, 4.69) is 33.9 Å². The number of piperazine rings is 1. The molecule has 2 aliphatic heterocycles. The number of carbonyl (C=O) groups is 1. The monoisotopic (exact) mass is 316 g/mol. The van der Waals surface area contributed by atoms with Crippen LogP contribution in [0.5, 0.6) is 0 Å². The highest BCUT2D eigenvalue weighted by molar-refractivity contribution is 5.83. The van der Waals surface area contributed by atoms with Gasteiger partial charge in [0, 0.05) is 51.2 Å². The van der Waals surface area contributed by atoms with Crippen LogP contribution in [0.1, 0.15) is 38.3 Å². The number of likely N-dealkylation sites (tertiary alicyclic amines) is 1. The predicted molar refractivity (Wildman–Crippen MR) is 91.0 cm³/mol. The minimum absolute atomic E-state index is 0.196. The molecule has 1 amide bonds. The topological polar surface area (TPSA) is 48.5 Å². The predicted octanol–water partition coefficient (Wildman–Crippen LogP) is 1.67. The van der Waals surface area contributed by atoms with Gasteiger partial charge in [-0.25, -0.2) is 0 Å². The molecule has 2 aliphatic rings. The lowest BCUT2D eigenvalue weighted by molar-refractivity contribution is -0.139. The molecule has 3 atom stereocenters.